The van der Waals surface area contributed by atoms with E-state index in [1.54, 1.807) is 20.1 Å². The SMILES string of the molecule is C[C@H]1CCc2ccoc2[C@H]1C(=O)C(C)(C)CO. The molecule has 0 saturated carbocycles. The van der Waals surface area contributed by atoms with Gasteiger partial charge in [-0.2, -0.15) is 0 Å². The second kappa shape index (κ2) is 4.30. The van der Waals surface area contributed by atoms with Crippen LogP contribution < -0.4 is 0 Å². The molecule has 0 radical (unpaired) electrons. The largest absolute Gasteiger partial charge is 0.468 e. The van der Waals surface area contributed by atoms with E-state index in [-0.39, 0.29) is 24.2 Å². The van der Waals surface area contributed by atoms with Crippen molar-refractivity contribution in [2.75, 3.05) is 6.61 Å². The van der Waals surface area contributed by atoms with E-state index in [1.807, 2.05) is 6.07 Å². The minimum Gasteiger partial charge on any atom is -0.468 e. The quantitative estimate of drug-likeness (QED) is 0.877. The molecule has 0 fully saturated rings. The molecule has 0 aromatic carbocycles. The van der Waals surface area contributed by atoms with Gasteiger partial charge in [-0.25, -0.2) is 0 Å². The van der Waals surface area contributed by atoms with Crippen LogP contribution in [0.15, 0.2) is 16.7 Å². The Balaban J connectivity index is 2.36. The van der Waals surface area contributed by atoms with E-state index < -0.39 is 5.41 Å². The van der Waals surface area contributed by atoms with Gasteiger partial charge in [-0.1, -0.05) is 20.8 Å². The van der Waals surface area contributed by atoms with Gasteiger partial charge in [0.2, 0.25) is 0 Å². The molecule has 0 bridgehead atoms. The first-order valence-electron chi connectivity index (χ1n) is 6.19. The number of carbonyl (C=O) groups excluding carboxylic acids is 1. The molecule has 1 aliphatic carbocycles. The second-order valence-corrected chi connectivity index (χ2v) is 5.71. The van der Waals surface area contributed by atoms with Gasteiger partial charge in [0.25, 0.3) is 0 Å². The first-order valence-corrected chi connectivity index (χ1v) is 6.19. The maximum Gasteiger partial charge on any atom is 0.151 e. The Morgan fingerprint density at radius 2 is 2.29 bits per heavy atom. The molecule has 0 saturated heterocycles. The molecule has 17 heavy (non-hydrogen) atoms. The molecule has 1 heterocycles. The van der Waals surface area contributed by atoms with Crippen LogP contribution in [-0.4, -0.2) is 17.5 Å². The number of rotatable bonds is 3. The lowest BCUT2D eigenvalue weighted by atomic mass is 9.71. The predicted molar refractivity (Wildman–Crippen MR) is 64.8 cm³/mol. The average Bonchev–Trinajstić information content (AvgIpc) is 2.76. The number of carbonyl (C=O) groups is 1. The summed E-state index contributed by atoms with van der Waals surface area (Å²) in [7, 11) is 0. The number of Topliss-reactive ketones (excluding diaryl/α,β-unsaturated/α-hetero) is 1. The van der Waals surface area contributed by atoms with E-state index in [2.05, 4.69) is 6.92 Å². The highest BCUT2D eigenvalue weighted by Crippen LogP contribution is 2.40. The van der Waals surface area contributed by atoms with Crippen LogP contribution in [0.1, 0.15) is 44.4 Å². The van der Waals surface area contributed by atoms with Crippen LogP contribution >= 0.6 is 0 Å². The van der Waals surface area contributed by atoms with Crippen molar-refractivity contribution in [2.24, 2.45) is 11.3 Å². The lowest BCUT2D eigenvalue weighted by molar-refractivity contribution is -0.132. The molecule has 1 aliphatic rings. The lowest BCUT2D eigenvalue weighted by Gasteiger charge is -2.32. The molecule has 0 amide bonds. The van der Waals surface area contributed by atoms with Crippen molar-refractivity contribution in [1.82, 2.24) is 0 Å². The van der Waals surface area contributed by atoms with Crippen molar-refractivity contribution in [3.05, 3.63) is 23.7 Å². The van der Waals surface area contributed by atoms with E-state index in [4.69, 9.17) is 4.42 Å². The molecule has 1 N–H and O–H groups in total. The van der Waals surface area contributed by atoms with E-state index in [0.29, 0.717) is 0 Å². The fraction of sp³-hybridized carbons (Fsp3) is 0.643. The topological polar surface area (TPSA) is 50.4 Å². The van der Waals surface area contributed by atoms with Gasteiger partial charge in [0.15, 0.2) is 5.78 Å². The van der Waals surface area contributed by atoms with Crippen LogP contribution in [0.5, 0.6) is 0 Å². The molecule has 0 unspecified atom stereocenters. The Labute approximate surface area is 102 Å². The van der Waals surface area contributed by atoms with E-state index in [1.165, 1.54) is 0 Å². The van der Waals surface area contributed by atoms with E-state index >= 15 is 0 Å². The molecular formula is C14H20O3. The Bertz CT molecular complexity index is 417. The van der Waals surface area contributed by atoms with Crippen LogP contribution in [0.3, 0.4) is 0 Å². The molecule has 1 aromatic rings. The van der Waals surface area contributed by atoms with E-state index in [9.17, 15) is 9.90 Å². The van der Waals surface area contributed by atoms with Crippen molar-refractivity contribution >= 4 is 5.78 Å². The molecular weight excluding hydrogens is 216 g/mol. The Kier molecular flexibility index (Phi) is 3.13. The predicted octanol–water partition coefficient (Wildman–Crippen LogP) is 2.53. The number of hydrogen-bond donors (Lipinski definition) is 1. The highest BCUT2D eigenvalue weighted by atomic mass is 16.3. The maximum absolute atomic E-state index is 12.5. The number of aliphatic hydroxyl groups excluding tert-OH is 1. The highest BCUT2D eigenvalue weighted by Gasteiger charge is 2.41. The number of furan rings is 1. The van der Waals surface area contributed by atoms with Crippen molar-refractivity contribution < 1.29 is 14.3 Å². The standard InChI is InChI=1S/C14H20O3/c1-9-4-5-10-6-7-17-12(10)11(9)13(16)14(2,3)8-15/h6-7,9,11,15H,4-5,8H2,1-3H3/t9-,11-/m0/s1. The summed E-state index contributed by atoms with van der Waals surface area (Å²) in [6.45, 7) is 5.55. The van der Waals surface area contributed by atoms with Gasteiger partial charge in [0.1, 0.15) is 5.76 Å². The maximum atomic E-state index is 12.5. The summed E-state index contributed by atoms with van der Waals surface area (Å²) >= 11 is 0. The van der Waals surface area contributed by atoms with Crippen LogP contribution in [-0.2, 0) is 11.2 Å². The van der Waals surface area contributed by atoms with Crippen molar-refractivity contribution in [2.45, 2.75) is 39.5 Å². The summed E-state index contributed by atoms with van der Waals surface area (Å²) in [5, 5.41) is 9.33. The van der Waals surface area contributed by atoms with Gasteiger partial charge in [0, 0.05) is 5.41 Å². The van der Waals surface area contributed by atoms with Gasteiger partial charge in [-0.3, -0.25) is 4.79 Å². The Hall–Kier alpha value is -1.09. The molecule has 3 heteroatoms. The van der Waals surface area contributed by atoms with Gasteiger partial charge in [-0.05, 0) is 30.4 Å². The third-order valence-corrected chi connectivity index (χ3v) is 3.85. The summed E-state index contributed by atoms with van der Waals surface area (Å²) < 4.78 is 5.50. The van der Waals surface area contributed by atoms with Crippen LogP contribution in [0.2, 0.25) is 0 Å². The fourth-order valence-electron chi connectivity index (χ4n) is 2.51. The third kappa shape index (κ3) is 2.04. The number of hydrogen-bond acceptors (Lipinski definition) is 3. The van der Waals surface area contributed by atoms with Gasteiger partial charge < -0.3 is 9.52 Å². The fourth-order valence-corrected chi connectivity index (χ4v) is 2.51. The van der Waals surface area contributed by atoms with Crippen molar-refractivity contribution in [1.29, 1.82) is 0 Å². The summed E-state index contributed by atoms with van der Waals surface area (Å²) in [6.07, 6.45) is 3.65. The summed E-state index contributed by atoms with van der Waals surface area (Å²) in [4.78, 5) is 12.5. The summed E-state index contributed by atoms with van der Waals surface area (Å²) in [6, 6.07) is 1.95. The van der Waals surface area contributed by atoms with Crippen LogP contribution in [0.4, 0.5) is 0 Å². The molecule has 2 rings (SSSR count). The molecule has 3 nitrogen and oxygen atoms in total. The number of fused-ring (bicyclic) bond motifs is 1. The summed E-state index contributed by atoms with van der Waals surface area (Å²) in [5.74, 6) is 0.988. The Morgan fingerprint density at radius 3 is 2.94 bits per heavy atom. The molecule has 0 spiro atoms. The zero-order valence-corrected chi connectivity index (χ0v) is 10.7. The monoisotopic (exact) mass is 236 g/mol. The number of ketones is 1. The zero-order chi connectivity index (χ0) is 12.6. The first kappa shape index (κ1) is 12.4. The third-order valence-electron chi connectivity index (χ3n) is 3.85. The number of aryl methyl sites for hydroxylation is 1. The lowest BCUT2D eigenvalue weighted by Crippen LogP contribution is -2.37. The average molecular weight is 236 g/mol. The smallest absolute Gasteiger partial charge is 0.151 e. The molecule has 1 aromatic heterocycles. The number of aliphatic hydroxyl groups is 1. The minimum absolute atomic E-state index is 0.0865. The second-order valence-electron chi connectivity index (χ2n) is 5.71. The van der Waals surface area contributed by atoms with Gasteiger partial charge in [0.05, 0.1) is 18.8 Å². The normalized spacial score (nSPS) is 24.5. The zero-order valence-electron chi connectivity index (χ0n) is 10.7. The summed E-state index contributed by atoms with van der Waals surface area (Å²) in [5.41, 5.74) is 0.454. The van der Waals surface area contributed by atoms with Crippen LogP contribution in [0, 0.1) is 11.3 Å². The van der Waals surface area contributed by atoms with Crippen molar-refractivity contribution in [3.8, 4) is 0 Å². The first-order chi connectivity index (χ1) is 7.97. The van der Waals surface area contributed by atoms with Gasteiger partial charge in [-0.15, -0.1) is 0 Å². The van der Waals surface area contributed by atoms with Crippen molar-refractivity contribution in [3.63, 3.8) is 0 Å². The minimum atomic E-state index is -0.694. The molecule has 94 valence electrons. The van der Waals surface area contributed by atoms with Gasteiger partial charge >= 0.3 is 0 Å². The Morgan fingerprint density at radius 1 is 1.59 bits per heavy atom. The highest BCUT2D eigenvalue weighted by molar-refractivity contribution is 5.90. The van der Waals surface area contributed by atoms with E-state index in [0.717, 1.165) is 24.2 Å². The molecule has 0 aliphatic heterocycles. The van der Waals surface area contributed by atoms with Crippen LogP contribution in [0.25, 0.3) is 0 Å². The molecule has 2 atom stereocenters.